The summed E-state index contributed by atoms with van der Waals surface area (Å²) in [5.41, 5.74) is 0.268. The molecule has 1 aliphatic rings. The molecule has 8 heteroatoms. The van der Waals surface area contributed by atoms with Crippen LogP contribution in [0, 0.1) is 11.6 Å². The van der Waals surface area contributed by atoms with Crippen LogP contribution in [0.1, 0.15) is 25.8 Å². The molecule has 1 unspecified atom stereocenters. The van der Waals surface area contributed by atoms with E-state index in [1.807, 2.05) is 0 Å². The lowest BCUT2D eigenvalue weighted by Crippen LogP contribution is -2.44. The van der Waals surface area contributed by atoms with Crippen molar-refractivity contribution in [3.05, 3.63) is 53.7 Å². The van der Waals surface area contributed by atoms with Gasteiger partial charge in [0.25, 0.3) is 5.91 Å². The molecule has 1 N–H and O–H groups in total. The van der Waals surface area contributed by atoms with E-state index in [-0.39, 0.29) is 24.1 Å². The van der Waals surface area contributed by atoms with Gasteiger partial charge >= 0.3 is 0 Å². The number of hydrogen-bond acceptors (Lipinski definition) is 5. The second-order valence-corrected chi connectivity index (χ2v) is 6.15. The summed E-state index contributed by atoms with van der Waals surface area (Å²) in [5, 5.41) is 6.56. The van der Waals surface area contributed by atoms with Crippen LogP contribution < -0.4 is 10.1 Å². The van der Waals surface area contributed by atoms with Gasteiger partial charge in [-0.2, -0.15) is 0 Å². The van der Waals surface area contributed by atoms with Crippen LogP contribution in [-0.4, -0.2) is 22.2 Å². The zero-order chi connectivity index (χ0) is 18.7. The Morgan fingerprint density at radius 2 is 2.15 bits per heavy atom. The third kappa shape index (κ3) is 3.79. The molecule has 2 heterocycles. The minimum absolute atomic E-state index is 0.102. The molecule has 0 bridgehead atoms. The summed E-state index contributed by atoms with van der Waals surface area (Å²) in [6, 6.07) is 6.58. The Morgan fingerprint density at radius 1 is 1.35 bits per heavy atom. The van der Waals surface area contributed by atoms with Crippen molar-refractivity contribution < 1.29 is 23.1 Å². The first kappa shape index (κ1) is 17.8. The molecule has 3 rings (SSSR count). The van der Waals surface area contributed by atoms with Crippen LogP contribution in [0.2, 0.25) is 0 Å². The summed E-state index contributed by atoms with van der Waals surface area (Å²) in [4.78, 5) is 21.7. The van der Waals surface area contributed by atoms with Gasteiger partial charge in [0.15, 0.2) is 11.6 Å². The standard InChI is InChI=1S/C18H17F2N3O3/c1-11-9-18(2,26-23-11)17(24)22-10-12-4-3-7-21-16(12)25-13-5-6-14(19)15(20)8-13/h3-8H,9-10H2,1-2H3,(H,22,24). The quantitative estimate of drug-likeness (QED) is 0.887. The minimum Gasteiger partial charge on any atom is -0.439 e. The first-order valence-corrected chi connectivity index (χ1v) is 7.94. The van der Waals surface area contributed by atoms with Gasteiger partial charge in [-0.05, 0) is 32.0 Å². The average molecular weight is 361 g/mol. The Hall–Kier alpha value is -3.03. The molecule has 1 atom stereocenters. The molecule has 0 aliphatic carbocycles. The van der Waals surface area contributed by atoms with Crippen LogP contribution in [0.25, 0.3) is 0 Å². The average Bonchev–Trinajstić information content (AvgIpc) is 2.97. The first-order chi connectivity index (χ1) is 12.4. The van der Waals surface area contributed by atoms with E-state index in [2.05, 4.69) is 15.5 Å². The van der Waals surface area contributed by atoms with Gasteiger partial charge in [-0.1, -0.05) is 11.2 Å². The molecule has 1 aromatic heterocycles. The van der Waals surface area contributed by atoms with Gasteiger partial charge < -0.3 is 14.9 Å². The third-order valence-electron chi connectivity index (χ3n) is 3.87. The van der Waals surface area contributed by atoms with Crippen molar-refractivity contribution in [1.82, 2.24) is 10.3 Å². The van der Waals surface area contributed by atoms with Gasteiger partial charge in [0, 0.05) is 30.8 Å². The summed E-state index contributed by atoms with van der Waals surface area (Å²) in [7, 11) is 0. The molecular formula is C18H17F2N3O3. The number of carbonyl (C=O) groups excluding carboxylic acids is 1. The molecule has 6 nitrogen and oxygen atoms in total. The lowest BCUT2D eigenvalue weighted by molar-refractivity contribution is -0.141. The SMILES string of the molecule is CC1=NOC(C)(C(=O)NCc2cccnc2Oc2ccc(F)c(F)c2)C1. The number of aromatic nitrogens is 1. The fraction of sp³-hybridized carbons (Fsp3) is 0.278. The van der Waals surface area contributed by atoms with Gasteiger partial charge in [-0.15, -0.1) is 0 Å². The highest BCUT2D eigenvalue weighted by Crippen LogP contribution is 2.26. The Labute approximate surface area is 148 Å². The first-order valence-electron chi connectivity index (χ1n) is 7.94. The van der Waals surface area contributed by atoms with E-state index < -0.39 is 17.2 Å². The number of carbonyl (C=O) groups is 1. The van der Waals surface area contributed by atoms with E-state index in [1.54, 1.807) is 26.0 Å². The monoisotopic (exact) mass is 361 g/mol. The zero-order valence-corrected chi connectivity index (χ0v) is 14.3. The van der Waals surface area contributed by atoms with Crippen molar-refractivity contribution in [3.63, 3.8) is 0 Å². The number of nitrogens with zero attached hydrogens (tertiary/aromatic N) is 2. The van der Waals surface area contributed by atoms with Crippen molar-refractivity contribution in [3.8, 4) is 11.6 Å². The molecule has 0 saturated heterocycles. The summed E-state index contributed by atoms with van der Waals surface area (Å²) in [6.07, 6.45) is 1.91. The Balaban J connectivity index is 1.69. The topological polar surface area (TPSA) is 72.8 Å². The Bertz CT molecular complexity index is 873. The zero-order valence-electron chi connectivity index (χ0n) is 14.3. The molecule has 1 aliphatic heterocycles. The van der Waals surface area contributed by atoms with Crippen LogP contribution in [-0.2, 0) is 16.2 Å². The van der Waals surface area contributed by atoms with Crippen LogP contribution in [0.4, 0.5) is 8.78 Å². The summed E-state index contributed by atoms with van der Waals surface area (Å²) >= 11 is 0. The van der Waals surface area contributed by atoms with Crippen LogP contribution >= 0.6 is 0 Å². The normalized spacial score (nSPS) is 18.8. The van der Waals surface area contributed by atoms with Crippen LogP contribution in [0.3, 0.4) is 0 Å². The van der Waals surface area contributed by atoms with E-state index >= 15 is 0 Å². The number of halogens is 2. The fourth-order valence-electron chi connectivity index (χ4n) is 2.52. The summed E-state index contributed by atoms with van der Waals surface area (Å²) in [6.45, 7) is 3.57. The van der Waals surface area contributed by atoms with Crippen molar-refractivity contribution in [2.75, 3.05) is 0 Å². The smallest absolute Gasteiger partial charge is 0.267 e. The maximum Gasteiger partial charge on any atom is 0.267 e. The molecule has 0 spiro atoms. The highest BCUT2D eigenvalue weighted by atomic mass is 19.2. The lowest BCUT2D eigenvalue weighted by Gasteiger charge is -2.20. The maximum absolute atomic E-state index is 13.3. The van der Waals surface area contributed by atoms with Crippen molar-refractivity contribution >= 4 is 11.6 Å². The molecule has 0 saturated carbocycles. The van der Waals surface area contributed by atoms with Gasteiger partial charge in [-0.25, -0.2) is 13.8 Å². The molecule has 136 valence electrons. The predicted octanol–water partition coefficient (Wildman–Crippen LogP) is 3.32. The van der Waals surface area contributed by atoms with Gasteiger partial charge in [0.1, 0.15) is 5.75 Å². The largest absolute Gasteiger partial charge is 0.439 e. The molecule has 2 aromatic rings. The lowest BCUT2D eigenvalue weighted by atomic mass is 9.99. The number of hydrogen-bond donors (Lipinski definition) is 1. The van der Waals surface area contributed by atoms with E-state index in [0.29, 0.717) is 12.0 Å². The highest BCUT2D eigenvalue weighted by molar-refractivity contribution is 5.94. The number of pyridine rings is 1. The van der Waals surface area contributed by atoms with Crippen LogP contribution in [0.15, 0.2) is 41.7 Å². The second kappa shape index (κ2) is 7.07. The molecular weight excluding hydrogens is 344 g/mol. The molecule has 26 heavy (non-hydrogen) atoms. The number of nitrogens with one attached hydrogen (secondary N) is 1. The highest BCUT2D eigenvalue weighted by Gasteiger charge is 2.40. The van der Waals surface area contributed by atoms with E-state index in [1.165, 1.54) is 12.3 Å². The molecule has 0 radical (unpaired) electrons. The van der Waals surface area contributed by atoms with Crippen LogP contribution in [0.5, 0.6) is 11.6 Å². The minimum atomic E-state index is -1.05. The van der Waals surface area contributed by atoms with Gasteiger partial charge in [0.05, 0.1) is 5.71 Å². The third-order valence-corrected chi connectivity index (χ3v) is 3.87. The summed E-state index contributed by atoms with van der Waals surface area (Å²) in [5.74, 6) is -2.02. The number of amides is 1. The number of rotatable bonds is 5. The molecule has 1 amide bonds. The predicted molar refractivity (Wildman–Crippen MR) is 89.7 cm³/mol. The Kier molecular flexibility index (Phi) is 4.83. The van der Waals surface area contributed by atoms with Gasteiger partial charge in [0.2, 0.25) is 11.5 Å². The van der Waals surface area contributed by atoms with Crippen molar-refractivity contribution in [2.24, 2.45) is 5.16 Å². The molecule has 1 aromatic carbocycles. The summed E-state index contributed by atoms with van der Waals surface area (Å²) < 4.78 is 31.9. The number of ether oxygens (including phenoxy) is 1. The van der Waals surface area contributed by atoms with E-state index in [4.69, 9.17) is 9.57 Å². The number of benzene rings is 1. The van der Waals surface area contributed by atoms with Crippen molar-refractivity contribution in [2.45, 2.75) is 32.4 Å². The second-order valence-electron chi connectivity index (χ2n) is 6.15. The maximum atomic E-state index is 13.3. The van der Waals surface area contributed by atoms with Crippen molar-refractivity contribution in [1.29, 1.82) is 0 Å². The number of oxime groups is 1. The Morgan fingerprint density at radius 3 is 2.85 bits per heavy atom. The fourth-order valence-corrected chi connectivity index (χ4v) is 2.52. The van der Waals surface area contributed by atoms with Gasteiger partial charge in [-0.3, -0.25) is 4.79 Å². The molecule has 0 fully saturated rings. The van der Waals surface area contributed by atoms with E-state index in [0.717, 1.165) is 17.8 Å². The van der Waals surface area contributed by atoms with E-state index in [9.17, 15) is 13.6 Å².